The minimum absolute atomic E-state index is 0.00176. The maximum absolute atomic E-state index is 15.0. The number of amides is 2. The molecule has 0 saturated carbocycles. The Hall–Kier alpha value is -3.74. The van der Waals surface area contributed by atoms with E-state index in [1.165, 1.54) is 35.0 Å². The fourth-order valence-electron chi connectivity index (χ4n) is 3.97. The van der Waals surface area contributed by atoms with Gasteiger partial charge in [0.1, 0.15) is 15.9 Å². The second-order valence-corrected chi connectivity index (χ2v) is 11.8. The van der Waals surface area contributed by atoms with Crippen LogP contribution in [0.3, 0.4) is 0 Å². The van der Waals surface area contributed by atoms with Crippen molar-refractivity contribution in [1.82, 2.24) is 14.2 Å². The molecule has 0 radical (unpaired) electrons. The summed E-state index contributed by atoms with van der Waals surface area (Å²) in [5.74, 6) is 0.0712. The highest BCUT2D eigenvalue weighted by molar-refractivity contribution is 7.92. The van der Waals surface area contributed by atoms with Crippen molar-refractivity contribution in [3.63, 3.8) is 0 Å². The van der Waals surface area contributed by atoms with Gasteiger partial charge < -0.3 is 10.2 Å². The van der Waals surface area contributed by atoms with Crippen LogP contribution in [0.25, 0.3) is 16.5 Å². The number of likely N-dealkylation sites (N-methyl/N-ethyl adjacent to an activating group) is 1. The first-order valence-corrected chi connectivity index (χ1v) is 13.6. The number of benzene rings is 2. The third-order valence-corrected chi connectivity index (χ3v) is 8.78. The number of aromatic nitrogens is 1. The standard InChI is InChI=1S/C24H19ClFN5O4S2/c1-30-11-9-27-22(30)15-2-4-17-14(12-15)8-10-31(23(17)32)19-5-3-16(13-18(19)26)28-24(33)29-37(34,35)21-7-6-20(25)36-21/h2-8,10,12-13H,9,11H2,1H3,(H2,28,29,33). The summed E-state index contributed by atoms with van der Waals surface area (Å²) in [6.07, 6.45) is 1.48. The number of carbonyl (C=O) groups excluding carboxylic acids is 1. The Bertz CT molecular complexity index is 1750. The molecular formula is C24H19ClFN5O4S2. The van der Waals surface area contributed by atoms with Gasteiger partial charge in [-0.1, -0.05) is 17.7 Å². The molecule has 0 atom stereocenters. The molecule has 1 aliphatic heterocycles. The highest BCUT2D eigenvalue weighted by atomic mass is 35.5. The molecule has 2 aromatic heterocycles. The van der Waals surface area contributed by atoms with Crippen molar-refractivity contribution in [3.8, 4) is 5.69 Å². The van der Waals surface area contributed by atoms with Crippen LogP contribution in [0.2, 0.25) is 4.34 Å². The molecule has 13 heteroatoms. The number of hydrogen-bond acceptors (Lipinski definition) is 7. The van der Waals surface area contributed by atoms with Gasteiger partial charge in [-0.15, -0.1) is 11.3 Å². The van der Waals surface area contributed by atoms with Gasteiger partial charge in [-0.2, -0.15) is 0 Å². The molecule has 0 unspecified atom stereocenters. The Balaban J connectivity index is 1.37. The second-order valence-electron chi connectivity index (χ2n) is 8.20. The lowest BCUT2D eigenvalue weighted by molar-refractivity contribution is 0.256. The van der Waals surface area contributed by atoms with E-state index in [2.05, 4.69) is 10.3 Å². The van der Waals surface area contributed by atoms with Crippen LogP contribution in [-0.2, 0) is 10.0 Å². The molecule has 2 N–H and O–H groups in total. The summed E-state index contributed by atoms with van der Waals surface area (Å²) in [5.41, 5.74) is 0.457. The number of amidine groups is 1. The summed E-state index contributed by atoms with van der Waals surface area (Å²) < 4.78 is 42.7. The first-order valence-electron chi connectivity index (χ1n) is 10.9. The highest BCUT2D eigenvalue weighted by Crippen LogP contribution is 2.25. The minimum atomic E-state index is -4.14. The molecule has 190 valence electrons. The van der Waals surface area contributed by atoms with Gasteiger partial charge in [0.15, 0.2) is 0 Å². The van der Waals surface area contributed by atoms with Gasteiger partial charge in [0, 0.05) is 36.4 Å². The van der Waals surface area contributed by atoms with Crippen molar-refractivity contribution in [1.29, 1.82) is 0 Å². The van der Waals surface area contributed by atoms with Crippen LogP contribution in [0.15, 0.2) is 74.8 Å². The summed E-state index contributed by atoms with van der Waals surface area (Å²) >= 11 is 6.54. The Kier molecular flexibility index (Phi) is 6.48. The van der Waals surface area contributed by atoms with E-state index >= 15 is 0 Å². The third-order valence-electron chi connectivity index (χ3n) is 5.73. The van der Waals surface area contributed by atoms with Gasteiger partial charge in [0.05, 0.1) is 16.6 Å². The number of nitrogens with zero attached hydrogens (tertiary/aromatic N) is 3. The lowest BCUT2D eigenvalue weighted by Crippen LogP contribution is -2.34. The Morgan fingerprint density at radius 3 is 2.62 bits per heavy atom. The predicted molar refractivity (Wildman–Crippen MR) is 142 cm³/mol. The van der Waals surface area contributed by atoms with E-state index in [9.17, 15) is 22.4 Å². The van der Waals surface area contributed by atoms with Crippen molar-refractivity contribution in [2.45, 2.75) is 4.21 Å². The Morgan fingerprint density at radius 1 is 1.14 bits per heavy atom. The van der Waals surface area contributed by atoms with Gasteiger partial charge in [0.25, 0.3) is 15.6 Å². The van der Waals surface area contributed by atoms with Crippen molar-refractivity contribution in [2.24, 2.45) is 4.99 Å². The number of carbonyl (C=O) groups is 1. The van der Waals surface area contributed by atoms with Crippen molar-refractivity contribution < 1.29 is 17.6 Å². The highest BCUT2D eigenvalue weighted by Gasteiger charge is 2.20. The summed E-state index contributed by atoms with van der Waals surface area (Å²) in [5, 5.41) is 3.38. The van der Waals surface area contributed by atoms with E-state index in [0.29, 0.717) is 10.8 Å². The number of anilines is 1. The zero-order chi connectivity index (χ0) is 26.3. The lowest BCUT2D eigenvalue weighted by atomic mass is 10.1. The lowest BCUT2D eigenvalue weighted by Gasteiger charge is -2.15. The minimum Gasteiger partial charge on any atom is -0.358 e. The fraction of sp³-hybridized carbons (Fsp3) is 0.125. The molecule has 0 aliphatic carbocycles. The van der Waals surface area contributed by atoms with E-state index < -0.39 is 27.4 Å². The normalized spacial score (nSPS) is 13.6. The quantitative estimate of drug-likeness (QED) is 0.383. The molecule has 2 amide bonds. The van der Waals surface area contributed by atoms with Gasteiger partial charge in [0.2, 0.25) is 0 Å². The summed E-state index contributed by atoms with van der Waals surface area (Å²) in [7, 11) is -2.18. The maximum Gasteiger partial charge on any atom is 0.333 e. The topological polar surface area (TPSA) is 113 Å². The first kappa shape index (κ1) is 24.9. The van der Waals surface area contributed by atoms with E-state index in [1.807, 2.05) is 28.8 Å². The molecule has 0 fully saturated rings. The molecular weight excluding hydrogens is 541 g/mol. The largest absolute Gasteiger partial charge is 0.358 e. The molecule has 37 heavy (non-hydrogen) atoms. The number of fused-ring (bicyclic) bond motifs is 1. The van der Waals surface area contributed by atoms with Crippen molar-refractivity contribution in [3.05, 3.63) is 86.9 Å². The fourth-order valence-corrected chi connectivity index (χ4v) is 6.36. The van der Waals surface area contributed by atoms with Crippen LogP contribution in [0.5, 0.6) is 0 Å². The second kappa shape index (κ2) is 9.61. The molecule has 0 spiro atoms. The SMILES string of the molecule is CN1CCN=C1c1ccc2c(=O)n(-c3ccc(NC(=O)NS(=O)(=O)c4ccc(Cl)s4)cc3F)ccc2c1. The number of aliphatic imine (C=N–C) groups is 1. The van der Waals surface area contributed by atoms with Gasteiger partial charge in [-0.25, -0.2) is 22.3 Å². The smallest absolute Gasteiger partial charge is 0.333 e. The van der Waals surface area contributed by atoms with Crippen LogP contribution >= 0.6 is 22.9 Å². The van der Waals surface area contributed by atoms with Crippen LogP contribution in [0.1, 0.15) is 5.56 Å². The Labute approximate surface area is 219 Å². The number of nitrogens with one attached hydrogen (secondary N) is 2. The van der Waals surface area contributed by atoms with Crippen LogP contribution < -0.4 is 15.6 Å². The van der Waals surface area contributed by atoms with Crippen LogP contribution in [0.4, 0.5) is 14.9 Å². The molecule has 0 saturated heterocycles. The van der Waals surface area contributed by atoms with E-state index in [0.717, 1.165) is 41.9 Å². The summed E-state index contributed by atoms with van der Waals surface area (Å²) in [4.78, 5) is 31.9. The monoisotopic (exact) mass is 559 g/mol. The third kappa shape index (κ3) is 4.95. The number of urea groups is 1. The summed E-state index contributed by atoms with van der Waals surface area (Å²) in [6, 6.07) is 12.4. The average Bonchev–Trinajstić information content (AvgIpc) is 3.48. The zero-order valence-corrected chi connectivity index (χ0v) is 21.6. The average molecular weight is 560 g/mol. The number of thiophene rings is 1. The first-order chi connectivity index (χ1) is 17.6. The molecule has 3 heterocycles. The predicted octanol–water partition coefficient (Wildman–Crippen LogP) is 4.05. The number of rotatable bonds is 5. The molecule has 2 aromatic carbocycles. The van der Waals surface area contributed by atoms with E-state index in [1.54, 1.807) is 12.1 Å². The number of halogens is 2. The van der Waals surface area contributed by atoms with Gasteiger partial charge in [-0.3, -0.25) is 14.4 Å². The zero-order valence-electron chi connectivity index (χ0n) is 19.2. The number of hydrogen-bond donors (Lipinski definition) is 2. The molecule has 5 rings (SSSR count). The summed E-state index contributed by atoms with van der Waals surface area (Å²) in [6.45, 7) is 1.55. The molecule has 1 aliphatic rings. The van der Waals surface area contributed by atoms with Gasteiger partial charge in [-0.05, 0) is 53.9 Å². The molecule has 0 bridgehead atoms. The number of sulfonamides is 1. The van der Waals surface area contributed by atoms with Crippen molar-refractivity contribution >= 4 is 61.3 Å². The van der Waals surface area contributed by atoms with Crippen LogP contribution in [0, 0.1) is 5.82 Å². The van der Waals surface area contributed by atoms with Crippen molar-refractivity contribution in [2.75, 3.05) is 25.5 Å². The molecule has 9 nitrogen and oxygen atoms in total. The van der Waals surface area contributed by atoms with E-state index in [4.69, 9.17) is 11.6 Å². The van der Waals surface area contributed by atoms with Crippen LogP contribution in [-0.4, -0.2) is 49.9 Å². The number of pyridine rings is 1. The Morgan fingerprint density at radius 2 is 1.95 bits per heavy atom. The maximum atomic E-state index is 15.0. The molecule has 4 aromatic rings. The van der Waals surface area contributed by atoms with Gasteiger partial charge >= 0.3 is 6.03 Å². The van der Waals surface area contributed by atoms with E-state index in [-0.39, 0.29) is 19.9 Å².